The maximum absolute atomic E-state index is 16.6. The predicted octanol–water partition coefficient (Wildman–Crippen LogP) is 9.43. The molecule has 0 aromatic heterocycles. The number of benzene rings is 8. The van der Waals surface area contributed by atoms with E-state index in [1.54, 1.807) is 0 Å². The summed E-state index contributed by atoms with van der Waals surface area (Å²) in [6.45, 7) is 0. The van der Waals surface area contributed by atoms with Crippen molar-refractivity contribution in [2.24, 2.45) is 0 Å². The Bertz CT molecular complexity index is 2560. The molecule has 1 spiro atoms. The largest absolute Gasteiger partial charge is 0.309 e. The Balaban J connectivity index is 1.39. The molecule has 52 heavy (non-hydrogen) atoms. The molecule has 2 aliphatic carbocycles. The Morgan fingerprint density at radius 3 is 1.29 bits per heavy atom. The molecule has 0 heterocycles. The predicted molar refractivity (Wildman–Crippen MR) is 221 cm³/mol. The number of rotatable bonds is 6. The summed E-state index contributed by atoms with van der Waals surface area (Å²) in [4.78, 5) is 0. The third-order valence-electron chi connectivity index (χ3n) is 10.9. The van der Waals surface area contributed by atoms with Gasteiger partial charge in [-0.05, 0) is 68.3 Å². The summed E-state index contributed by atoms with van der Waals surface area (Å²) in [6, 6.07) is 73.6. The van der Waals surface area contributed by atoms with Crippen LogP contribution in [0.1, 0.15) is 22.3 Å². The molecule has 1 nitrogen and oxygen atoms in total. The summed E-state index contributed by atoms with van der Waals surface area (Å²) in [7, 11) is -4.36. The second-order valence-electron chi connectivity index (χ2n) is 13.5. The molecule has 0 amide bonds. The number of hydrogen-bond donors (Lipinski definition) is 0. The highest BCUT2D eigenvalue weighted by atomic mass is 31.2. The van der Waals surface area contributed by atoms with Crippen LogP contribution in [0.25, 0.3) is 22.3 Å². The Morgan fingerprint density at radius 2 is 0.769 bits per heavy atom. The van der Waals surface area contributed by atoms with Gasteiger partial charge in [-0.25, -0.2) is 0 Å². The maximum Gasteiger partial charge on any atom is 0.171 e. The van der Waals surface area contributed by atoms with Gasteiger partial charge in [0.05, 0.1) is 5.41 Å². The van der Waals surface area contributed by atoms with Crippen LogP contribution >= 0.6 is 15.1 Å². The summed E-state index contributed by atoms with van der Waals surface area (Å²) in [5.41, 5.74) is 9.09. The molecule has 246 valence electrons. The second-order valence-corrected chi connectivity index (χ2v) is 18.4. The highest BCUT2D eigenvalue weighted by molar-refractivity contribution is 7.85. The highest BCUT2D eigenvalue weighted by Gasteiger charge is 2.56. The summed E-state index contributed by atoms with van der Waals surface area (Å²) in [5, 5.41) is 6.53. The smallest absolute Gasteiger partial charge is 0.171 e. The van der Waals surface area contributed by atoms with Crippen molar-refractivity contribution in [3.05, 3.63) is 229 Å². The number of fused-ring (bicyclic) bond motifs is 10. The fourth-order valence-electron chi connectivity index (χ4n) is 8.95. The van der Waals surface area contributed by atoms with Crippen LogP contribution < -0.4 is 31.8 Å². The van der Waals surface area contributed by atoms with Crippen LogP contribution in [0, 0.1) is 0 Å². The molecule has 2 aliphatic rings. The first kappa shape index (κ1) is 31.2. The average Bonchev–Trinajstić information content (AvgIpc) is 3.70. The van der Waals surface area contributed by atoms with Crippen molar-refractivity contribution in [2.75, 3.05) is 0 Å². The monoisotopic (exact) mass is 700 g/mol. The molecule has 8 aromatic carbocycles. The summed E-state index contributed by atoms with van der Waals surface area (Å²) < 4.78 is 16.6. The van der Waals surface area contributed by atoms with Crippen molar-refractivity contribution in [3.63, 3.8) is 0 Å². The van der Waals surface area contributed by atoms with E-state index in [0.717, 1.165) is 27.0 Å². The lowest BCUT2D eigenvalue weighted by Gasteiger charge is -2.36. The van der Waals surface area contributed by atoms with E-state index in [2.05, 4.69) is 146 Å². The molecule has 0 N–H and O–H groups in total. The molecule has 10 rings (SSSR count). The quantitative estimate of drug-likeness (QED) is 0.158. The third-order valence-corrected chi connectivity index (χ3v) is 16.5. The molecular formula is C49H34OP2. The highest BCUT2D eigenvalue weighted by Crippen LogP contribution is 2.64. The van der Waals surface area contributed by atoms with Gasteiger partial charge in [0, 0.05) is 15.9 Å². The van der Waals surface area contributed by atoms with E-state index in [-0.39, 0.29) is 0 Å². The lowest BCUT2D eigenvalue weighted by molar-refractivity contribution is 0.592. The normalized spacial score (nSPS) is 15.2. The van der Waals surface area contributed by atoms with E-state index >= 15 is 4.57 Å². The fraction of sp³-hybridized carbons (Fsp3) is 0.0204. The second kappa shape index (κ2) is 12.3. The molecule has 0 unspecified atom stereocenters. The minimum Gasteiger partial charge on any atom is -0.309 e. The lowest BCUT2D eigenvalue weighted by Crippen LogP contribution is -2.38. The van der Waals surface area contributed by atoms with Crippen molar-refractivity contribution >= 4 is 46.9 Å². The van der Waals surface area contributed by atoms with Crippen molar-refractivity contribution in [2.45, 2.75) is 5.41 Å². The Hall–Kier alpha value is -5.58. The van der Waals surface area contributed by atoms with Gasteiger partial charge in [-0.15, -0.1) is 0 Å². The van der Waals surface area contributed by atoms with Gasteiger partial charge in [0.2, 0.25) is 0 Å². The van der Waals surface area contributed by atoms with Crippen LogP contribution in [0.3, 0.4) is 0 Å². The Labute approximate surface area is 306 Å². The number of hydrogen-bond acceptors (Lipinski definition) is 1. The van der Waals surface area contributed by atoms with Gasteiger partial charge in [0.1, 0.15) is 0 Å². The van der Waals surface area contributed by atoms with Crippen molar-refractivity contribution in [1.29, 1.82) is 0 Å². The van der Waals surface area contributed by atoms with Gasteiger partial charge in [0.15, 0.2) is 7.14 Å². The van der Waals surface area contributed by atoms with Crippen molar-refractivity contribution in [1.82, 2.24) is 0 Å². The van der Waals surface area contributed by atoms with E-state index < -0.39 is 20.5 Å². The molecule has 1 atom stereocenters. The Morgan fingerprint density at radius 1 is 0.365 bits per heavy atom. The molecule has 0 bridgehead atoms. The van der Waals surface area contributed by atoms with E-state index in [1.165, 1.54) is 49.3 Å². The molecule has 0 radical (unpaired) electrons. The van der Waals surface area contributed by atoms with E-state index in [1.807, 2.05) is 60.7 Å². The summed E-state index contributed by atoms with van der Waals surface area (Å²) >= 11 is 0. The van der Waals surface area contributed by atoms with Crippen LogP contribution in [0.4, 0.5) is 0 Å². The lowest BCUT2D eigenvalue weighted by atomic mass is 9.70. The first-order valence-electron chi connectivity index (χ1n) is 17.8. The van der Waals surface area contributed by atoms with Gasteiger partial charge in [-0.2, -0.15) is 0 Å². The van der Waals surface area contributed by atoms with Gasteiger partial charge in [0.25, 0.3) is 0 Å². The summed E-state index contributed by atoms with van der Waals surface area (Å²) in [6.07, 6.45) is 0. The maximum atomic E-state index is 16.6. The van der Waals surface area contributed by atoms with Crippen LogP contribution in [0.2, 0.25) is 0 Å². The van der Waals surface area contributed by atoms with Gasteiger partial charge < -0.3 is 4.57 Å². The molecule has 0 aliphatic heterocycles. The molecule has 8 aromatic rings. The third kappa shape index (κ3) is 4.37. The molecule has 0 saturated carbocycles. The standard InChI is InChI=1S/C49H34OP2/c50-52(37-23-9-3-10-24-37,38-25-11-4-12-26-38)46-34-18-30-42-40-28-14-16-32-44(40)49(48(42)46)43-31-15-13-27-39(43)41-29-17-33-45(47(41)49)51(35-19-5-1-6-20-35)36-21-7-2-8-22-36/h1-34H/t49-/m1/s1. The molecule has 0 saturated heterocycles. The molecule has 0 fully saturated rings. The van der Waals surface area contributed by atoms with Gasteiger partial charge >= 0.3 is 0 Å². The zero-order valence-corrected chi connectivity index (χ0v) is 30.2. The van der Waals surface area contributed by atoms with E-state index in [4.69, 9.17) is 0 Å². The first-order valence-corrected chi connectivity index (χ1v) is 20.9. The van der Waals surface area contributed by atoms with Crippen LogP contribution in [0.15, 0.2) is 206 Å². The van der Waals surface area contributed by atoms with Gasteiger partial charge in [-0.1, -0.05) is 206 Å². The van der Waals surface area contributed by atoms with E-state index in [0.29, 0.717) is 0 Å². The zero-order chi connectivity index (χ0) is 34.7. The van der Waals surface area contributed by atoms with Crippen molar-refractivity contribution < 1.29 is 4.57 Å². The van der Waals surface area contributed by atoms with Crippen LogP contribution in [0.5, 0.6) is 0 Å². The molecular weight excluding hydrogens is 666 g/mol. The zero-order valence-electron chi connectivity index (χ0n) is 28.4. The van der Waals surface area contributed by atoms with Crippen LogP contribution in [-0.4, -0.2) is 0 Å². The average molecular weight is 701 g/mol. The molecule has 3 heteroatoms. The first-order chi connectivity index (χ1) is 25.7. The topological polar surface area (TPSA) is 17.1 Å². The summed E-state index contributed by atoms with van der Waals surface area (Å²) in [5.74, 6) is 0. The minimum absolute atomic E-state index is 0.700. The fourth-order valence-corrected chi connectivity index (χ4v) is 14.4. The minimum atomic E-state index is -3.40. The van der Waals surface area contributed by atoms with E-state index in [9.17, 15) is 0 Å². The van der Waals surface area contributed by atoms with Gasteiger partial charge in [-0.3, -0.25) is 0 Å². The Kier molecular flexibility index (Phi) is 7.36. The van der Waals surface area contributed by atoms with Crippen LogP contribution in [-0.2, 0) is 9.98 Å². The van der Waals surface area contributed by atoms with Crippen molar-refractivity contribution in [3.8, 4) is 22.3 Å². The SMILES string of the molecule is O=P(c1ccccc1)(c1ccccc1)c1cccc2c1[C@]1(c3ccccc3-c3cccc(P(c4ccccc4)c4ccccc4)c31)c1ccccc1-2.